The summed E-state index contributed by atoms with van der Waals surface area (Å²) >= 11 is 0.965. The van der Waals surface area contributed by atoms with Gasteiger partial charge in [-0.3, -0.25) is 14.5 Å². The van der Waals surface area contributed by atoms with Crippen LogP contribution in [0.15, 0.2) is 59.5 Å². The summed E-state index contributed by atoms with van der Waals surface area (Å²) in [5, 5.41) is -0.289. The van der Waals surface area contributed by atoms with Gasteiger partial charge in [0, 0.05) is 13.1 Å². The standard InChI is InChI=1S/C18H16N2O4S2/c21-17-12-25-18(22)20(17)15-10-19(11-15)26(23,24)16-8-4-7-14(9-16)13-5-2-1-3-6-13/h1-9,15H,10-12H2. The van der Waals surface area contributed by atoms with Crippen molar-refractivity contribution in [2.24, 2.45) is 0 Å². The second-order valence-corrected chi connectivity index (χ2v) is 9.05. The summed E-state index contributed by atoms with van der Waals surface area (Å²) in [6, 6.07) is 16.0. The Balaban J connectivity index is 1.53. The molecular formula is C18H16N2O4S2. The summed E-state index contributed by atoms with van der Waals surface area (Å²) in [6.45, 7) is 0.297. The Morgan fingerprint density at radius 2 is 1.62 bits per heavy atom. The van der Waals surface area contributed by atoms with Gasteiger partial charge in [-0.05, 0) is 23.3 Å². The summed E-state index contributed by atoms with van der Waals surface area (Å²) in [6.07, 6.45) is 0. The van der Waals surface area contributed by atoms with Gasteiger partial charge < -0.3 is 0 Å². The van der Waals surface area contributed by atoms with Crippen molar-refractivity contribution in [2.75, 3.05) is 18.8 Å². The van der Waals surface area contributed by atoms with Gasteiger partial charge in [0.25, 0.3) is 5.24 Å². The van der Waals surface area contributed by atoms with Crippen LogP contribution < -0.4 is 0 Å². The third-order valence-electron chi connectivity index (χ3n) is 4.56. The van der Waals surface area contributed by atoms with Gasteiger partial charge >= 0.3 is 0 Å². The number of amides is 2. The molecule has 0 aliphatic carbocycles. The van der Waals surface area contributed by atoms with E-state index in [0.717, 1.165) is 22.9 Å². The first-order chi connectivity index (χ1) is 12.5. The predicted molar refractivity (Wildman–Crippen MR) is 99.1 cm³/mol. The molecule has 4 rings (SSSR count). The highest BCUT2D eigenvalue weighted by Crippen LogP contribution is 2.31. The molecule has 2 amide bonds. The highest BCUT2D eigenvalue weighted by atomic mass is 32.2. The fourth-order valence-corrected chi connectivity index (χ4v) is 5.45. The molecule has 2 heterocycles. The molecule has 2 saturated heterocycles. The van der Waals surface area contributed by atoms with Gasteiger partial charge in [0.15, 0.2) is 0 Å². The van der Waals surface area contributed by atoms with Gasteiger partial charge in [0.1, 0.15) is 0 Å². The number of nitrogens with zero attached hydrogens (tertiary/aromatic N) is 2. The number of carbonyl (C=O) groups excluding carboxylic acids is 2. The van der Waals surface area contributed by atoms with Crippen LogP contribution in [-0.4, -0.2) is 53.7 Å². The normalized spacial score (nSPS) is 19.0. The molecule has 26 heavy (non-hydrogen) atoms. The molecule has 0 N–H and O–H groups in total. The Morgan fingerprint density at radius 3 is 2.27 bits per heavy atom. The first-order valence-corrected chi connectivity index (χ1v) is 10.5. The highest BCUT2D eigenvalue weighted by Gasteiger charge is 2.45. The number of rotatable bonds is 4. The summed E-state index contributed by atoms with van der Waals surface area (Å²) in [7, 11) is -3.65. The molecule has 134 valence electrons. The van der Waals surface area contributed by atoms with Crippen molar-refractivity contribution < 1.29 is 18.0 Å². The number of sulfonamides is 1. The van der Waals surface area contributed by atoms with Gasteiger partial charge in [-0.15, -0.1) is 0 Å². The predicted octanol–water partition coefficient (Wildman–Crippen LogP) is 2.42. The molecular weight excluding hydrogens is 372 g/mol. The Kier molecular flexibility index (Phi) is 4.34. The van der Waals surface area contributed by atoms with Crippen LogP contribution in [0.4, 0.5) is 4.79 Å². The third kappa shape index (κ3) is 2.94. The van der Waals surface area contributed by atoms with E-state index in [2.05, 4.69) is 0 Å². The number of imide groups is 1. The van der Waals surface area contributed by atoms with E-state index < -0.39 is 10.0 Å². The van der Waals surface area contributed by atoms with Crippen molar-refractivity contribution in [1.29, 1.82) is 0 Å². The summed E-state index contributed by atoms with van der Waals surface area (Å²) < 4.78 is 27.0. The van der Waals surface area contributed by atoms with Crippen LogP contribution in [0, 0.1) is 0 Å². The minimum atomic E-state index is -3.65. The smallest absolute Gasteiger partial charge is 0.273 e. The van der Waals surface area contributed by atoms with Crippen molar-refractivity contribution in [2.45, 2.75) is 10.9 Å². The molecule has 2 aromatic carbocycles. The molecule has 0 atom stereocenters. The maximum absolute atomic E-state index is 12.9. The molecule has 0 aromatic heterocycles. The van der Waals surface area contributed by atoms with Crippen molar-refractivity contribution in [3.63, 3.8) is 0 Å². The lowest BCUT2D eigenvalue weighted by Gasteiger charge is -2.41. The minimum absolute atomic E-state index is 0.140. The molecule has 0 bridgehead atoms. The average Bonchev–Trinajstić information content (AvgIpc) is 2.94. The Hall–Kier alpha value is -2.16. The van der Waals surface area contributed by atoms with Crippen LogP contribution in [0.2, 0.25) is 0 Å². The van der Waals surface area contributed by atoms with Gasteiger partial charge in [-0.25, -0.2) is 8.42 Å². The van der Waals surface area contributed by atoms with Crippen LogP contribution in [0.3, 0.4) is 0 Å². The Labute approximate surface area is 155 Å². The fourth-order valence-electron chi connectivity index (χ4n) is 3.11. The highest BCUT2D eigenvalue weighted by molar-refractivity contribution is 8.14. The number of carbonyl (C=O) groups is 2. The minimum Gasteiger partial charge on any atom is -0.273 e. The van der Waals surface area contributed by atoms with Crippen LogP contribution in [0.1, 0.15) is 0 Å². The lowest BCUT2D eigenvalue weighted by Crippen LogP contribution is -2.61. The van der Waals surface area contributed by atoms with E-state index in [1.807, 2.05) is 36.4 Å². The van der Waals surface area contributed by atoms with E-state index >= 15 is 0 Å². The van der Waals surface area contributed by atoms with E-state index in [1.165, 1.54) is 9.21 Å². The fraction of sp³-hybridized carbons (Fsp3) is 0.222. The Bertz CT molecular complexity index is 954. The lowest BCUT2D eigenvalue weighted by molar-refractivity contribution is -0.127. The maximum Gasteiger partial charge on any atom is 0.289 e. The topological polar surface area (TPSA) is 74.8 Å². The first kappa shape index (κ1) is 17.3. The van der Waals surface area contributed by atoms with E-state index in [1.54, 1.807) is 18.2 Å². The third-order valence-corrected chi connectivity index (χ3v) is 7.22. The molecule has 2 aliphatic rings. The molecule has 8 heteroatoms. The van der Waals surface area contributed by atoms with E-state index in [4.69, 9.17) is 0 Å². The number of thioether (sulfide) groups is 1. The molecule has 2 aromatic rings. The number of hydrogen-bond donors (Lipinski definition) is 0. The second kappa shape index (κ2) is 6.53. The zero-order valence-electron chi connectivity index (χ0n) is 13.7. The first-order valence-electron chi connectivity index (χ1n) is 8.11. The zero-order chi connectivity index (χ0) is 18.3. The SMILES string of the molecule is O=C1CSC(=O)N1C1CN(S(=O)(=O)c2cccc(-c3ccccc3)c2)C1. The molecule has 0 spiro atoms. The van der Waals surface area contributed by atoms with Crippen LogP contribution in [0.5, 0.6) is 0 Å². The molecule has 2 fully saturated rings. The molecule has 0 unspecified atom stereocenters. The summed E-state index contributed by atoms with van der Waals surface area (Å²) in [5.74, 6) is -0.102. The van der Waals surface area contributed by atoms with E-state index in [-0.39, 0.29) is 40.9 Å². The van der Waals surface area contributed by atoms with E-state index in [0.29, 0.717) is 0 Å². The number of benzene rings is 2. The van der Waals surface area contributed by atoms with Gasteiger partial charge in [-0.1, -0.05) is 54.2 Å². The molecule has 6 nitrogen and oxygen atoms in total. The zero-order valence-corrected chi connectivity index (χ0v) is 15.4. The van der Waals surface area contributed by atoms with Crippen LogP contribution in [0.25, 0.3) is 11.1 Å². The molecule has 2 aliphatic heterocycles. The van der Waals surface area contributed by atoms with Crippen LogP contribution in [-0.2, 0) is 14.8 Å². The van der Waals surface area contributed by atoms with Crippen molar-refractivity contribution in [1.82, 2.24) is 9.21 Å². The largest absolute Gasteiger partial charge is 0.289 e. The van der Waals surface area contributed by atoms with Crippen molar-refractivity contribution in [3.05, 3.63) is 54.6 Å². The van der Waals surface area contributed by atoms with Crippen molar-refractivity contribution >= 4 is 32.9 Å². The quantitative estimate of drug-likeness (QED) is 0.804. The maximum atomic E-state index is 12.9. The second-order valence-electron chi connectivity index (χ2n) is 6.19. The van der Waals surface area contributed by atoms with Crippen LogP contribution >= 0.6 is 11.8 Å². The number of hydrogen-bond acceptors (Lipinski definition) is 5. The van der Waals surface area contributed by atoms with Gasteiger partial charge in [-0.2, -0.15) is 4.31 Å². The summed E-state index contributed by atoms with van der Waals surface area (Å²) in [4.78, 5) is 24.9. The monoisotopic (exact) mass is 388 g/mol. The molecule has 0 radical (unpaired) electrons. The Morgan fingerprint density at radius 1 is 0.923 bits per heavy atom. The van der Waals surface area contributed by atoms with Gasteiger partial charge in [0.05, 0.1) is 16.7 Å². The average molecular weight is 388 g/mol. The van der Waals surface area contributed by atoms with E-state index in [9.17, 15) is 18.0 Å². The van der Waals surface area contributed by atoms with Crippen molar-refractivity contribution in [3.8, 4) is 11.1 Å². The van der Waals surface area contributed by atoms with Gasteiger partial charge in [0.2, 0.25) is 15.9 Å². The summed E-state index contributed by atoms with van der Waals surface area (Å²) in [5.41, 5.74) is 1.77. The lowest BCUT2D eigenvalue weighted by atomic mass is 10.1. The molecule has 0 saturated carbocycles.